The molecule has 0 fully saturated rings. The Morgan fingerprint density at radius 2 is 2.21 bits per heavy atom. The van der Waals surface area contributed by atoms with Gasteiger partial charge in [0.2, 0.25) is 0 Å². The lowest BCUT2D eigenvalue weighted by Gasteiger charge is -1.99. The predicted octanol–water partition coefficient (Wildman–Crippen LogP) is 1.67. The van der Waals surface area contributed by atoms with Crippen LogP contribution in [0.15, 0.2) is 30.5 Å². The second-order valence-corrected chi connectivity index (χ2v) is 2.93. The third-order valence-corrected chi connectivity index (χ3v) is 2.09. The second kappa shape index (κ2) is 3.06. The highest BCUT2D eigenvalue weighted by Crippen LogP contribution is 2.16. The molecule has 0 radical (unpaired) electrons. The van der Waals surface area contributed by atoms with E-state index in [-0.39, 0.29) is 5.97 Å². The van der Waals surface area contributed by atoms with Crippen molar-refractivity contribution in [3.8, 4) is 0 Å². The van der Waals surface area contributed by atoms with Crippen molar-refractivity contribution in [1.29, 1.82) is 0 Å². The molecule has 2 rings (SSSR count). The highest BCUT2D eigenvalue weighted by molar-refractivity contribution is 5.94. The van der Waals surface area contributed by atoms with Crippen LogP contribution in [0.3, 0.4) is 0 Å². The fraction of sp³-hybridized carbons (Fsp3) is 0.100. The first-order valence-electron chi connectivity index (χ1n) is 4.11. The van der Waals surface area contributed by atoms with Crippen molar-refractivity contribution in [3.05, 3.63) is 36.0 Å². The molecule has 0 aliphatic rings. The molecule has 0 bridgehead atoms. The van der Waals surface area contributed by atoms with Crippen molar-refractivity contribution in [2.24, 2.45) is 0 Å². The van der Waals surface area contributed by atoms with E-state index in [4.69, 9.17) is 0 Å². The summed E-state index contributed by atoms with van der Waals surface area (Å²) in [7, 11) is 1.34. The monoisotopic (exact) mass is 191 g/mol. The number of nitrogens with zero attached hydrogens (tertiary/aromatic N) is 1. The van der Waals surface area contributed by atoms with Gasteiger partial charge in [0.25, 0.3) is 0 Å². The number of carbonyl (C=O) groups excluding carboxylic acids is 1. The van der Waals surface area contributed by atoms with E-state index in [1.54, 1.807) is 24.3 Å². The minimum Gasteiger partial charge on any atom is -0.465 e. The standard InChI is InChI=1S/C10H9NO3/c1-14-10(12)8-2-3-9-7(6-8)4-5-11(9)13/h2-6,13H,1H3. The van der Waals surface area contributed by atoms with Gasteiger partial charge in [-0.1, -0.05) is 0 Å². The third-order valence-electron chi connectivity index (χ3n) is 2.09. The second-order valence-electron chi connectivity index (χ2n) is 2.93. The first-order valence-corrected chi connectivity index (χ1v) is 4.11. The van der Waals surface area contributed by atoms with Gasteiger partial charge in [0, 0.05) is 11.6 Å². The minimum atomic E-state index is -0.377. The van der Waals surface area contributed by atoms with Crippen LogP contribution in [0, 0.1) is 0 Å². The Balaban J connectivity index is 2.57. The van der Waals surface area contributed by atoms with Crippen LogP contribution in [0.2, 0.25) is 0 Å². The average Bonchev–Trinajstić information content (AvgIpc) is 2.59. The van der Waals surface area contributed by atoms with Gasteiger partial charge in [-0.2, -0.15) is 4.73 Å². The summed E-state index contributed by atoms with van der Waals surface area (Å²) in [5.41, 5.74) is 1.14. The van der Waals surface area contributed by atoms with Gasteiger partial charge in [-0.05, 0) is 24.3 Å². The van der Waals surface area contributed by atoms with Crippen molar-refractivity contribution < 1.29 is 14.7 Å². The molecule has 14 heavy (non-hydrogen) atoms. The molecule has 2 aromatic rings. The van der Waals surface area contributed by atoms with Gasteiger partial charge >= 0.3 is 5.97 Å². The Bertz CT molecular complexity index is 487. The molecule has 0 aliphatic heterocycles. The summed E-state index contributed by atoms with van der Waals surface area (Å²) in [5.74, 6) is -0.377. The van der Waals surface area contributed by atoms with Crippen LogP contribution in [0.25, 0.3) is 10.9 Å². The van der Waals surface area contributed by atoms with E-state index in [0.717, 1.165) is 10.1 Å². The van der Waals surface area contributed by atoms with E-state index in [1.165, 1.54) is 13.3 Å². The summed E-state index contributed by atoms with van der Waals surface area (Å²) in [6.07, 6.45) is 1.52. The summed E-state index contributed by atoms with van der Waals surface area (Å²) in [5, 5.41) is 10.1. The first kappa shape index (κ1) is 8.62. The first-order chi connectivity index (χ1) is 6.72. The molecular weight excluding hydrogens is 182 g/mol. The minimum absolute atomic E-state index is 0.377. The Morgan fingerprint density at radius 3 is 2.93 bits per heavy atom. The molecular formula is C10H9NO3. The summed E-state index contributed by atoms with van der Waals surface area (Å²) < 4.78 is 5.59. The smallest absolute Gasteiger partial charge is 0.337 e. The number of hydrogen-bond acceptors (Lipinski definition) is 3. The topological polar surface area (TPSA) is 51.5 Å². The number of methoxy groups -OCH3 is 1. The maximum absolute atomic E-state index is 11.2. The zero-order chi connectivity index (χ0) is 10.1. The lowest BCUT2D eigenvalue weighted by molar-refractivity contribution is 0.0601. The maximum Gasteiger partial charge on any atom is 0.337 e. The van der Waals surface area contributed by atoms with E-state index < -0.39 is 0 Å². The van der Waals surface area contributed by atoms with Gasteiger partial charge < -0.3 is 9.94 Å². The zero-order valence-corrected chi connectivity index (χ0v) is 7.60. The summed E-state index contributed by atoms with van der Waals surface area (Å²) in [6.45, 7) is 0. The third kappa shape index (κ3) is 1.21. The van der Waals surface area contributed by atoms with Crippen LogP contribution in [-0.4, -0.2) is 23.0 Å². The van der Waals surface area contributed by atoms with Crippen LogP contribution < -0.4 is 0 Å². The van der Waals surface area contributed by atoms with E-state index in [1.807, 2.05) is 0 Å². The molecule has 0 aliphatic carbocycles. The highest BCUT2D eigenvalue weighted by atomic mass is 16.5. The molecule has 1 aromatic heterocycles. The fourth-order valence-electron chi connectivity index (χ4n) is 1.37. The van der Waals surface area contributed by atoms with Crippen LogP contribution in [0.4, 0.5) is 0 Å². The lowest BCUT2D eigenvalue weighted by Crippen LogP contribution is -2.00. The lowest BCUT2D eigenvalue weighted by atomic mass is 10.1. The Labute approximate surface area is 80.3 Å². The SMILES string of the molecule is COC(=O)c1ccc2c(ccn2O)c1. The van der Waals surface area contributed by atoms with E-state index in [9.17, 15) is 10.0 Å². The molecule has 72 valence electrons. The van der Waals surface area contributed by atoms with Gasteiger partial charge in [-0.15, -0.1) is 0 Å². The molecule has 0 atom stereocenters. The Morgan fingerprint density at radius 1 is 1.43 bits per heavy atom. The fourth-order valence-corrected chi connectivity index (χ4v) is 1.37. The summed E-state index contributed by atoms with van der Waals surface area (Å²) in [6, 6.07) is 6.68. The van der Waals surface area contributed by atoms with Crippen LogP contribution in [0.5, 0.6) is 0 Å². The van der Waals surface area contributed by atoms with Gasteiger partial charge in [0.1, 0.15) is 0 Å². The van der Waals surface area contributed by atoms with E-state index in [0.29, 0.717) is 11.1 Å². The normalized spacial score (nSPS) is 10.4. The van der Waals surface area contributed by atoms with Gasteiger partial charge in [0.05, 0.1) is 18.2 Å². The average molecular weight is 191 g/mol. The molecule has 4 heteroatoms. The van der Waals surface area contributed by atoms with Crippen molar-refractivity contribution >= 4 is 16.9 Å². The van der Waals surface area contributed by atoms with E-state index in [2.05, 4.69) is 4.74 Å². The van der Waals surface area contributed by atoms with Gasteiger partial charge in [-0.3, -0.25) is 0 Å². The molecule has 1 heterocycles. The predicted molar refractivity (Wildman–Crippen MR) is 50.5 cm³/mol. The van der Waals surface area contributed by atoms with Crippen LogP contribution >= 0.6 is 0 Å². The highest BCUT2D eigenvalue weighted by Gasteiger charge is 2.07. The van der Waals surface area contributed by atoms with Crippen molar-refractivity contribution in [2.75, 3.05) is 7.11 Å². The molecule has 0 amide bonds. The quantitative estimate of drug-likeness (QED) is 0.551. The zero-order valence-electron chi connectivity index (χ0n) is 7.60. The van der Waals surface area contributed by atoms with Crippen LogP contribution in [0.1, 0.15) is 10.4 Å². The largest absolute Gasteiger partial charge is 0.465 e. The van der Waals surface area contributed by atoms with Gasteiger partial charge in [-0.25, -0.2) is 4.79 Å². The molecule has 0 unspecified atom stereocenters. The number of benzene rings is 1. The molecule has 0 saturated heterocycles. The van der Waals surface area contributed by atoms with Crippen molar-refractivity contribution in [1.82, 2.24) is 4.73 Å². The summed E-state index contributed by atoms with van der Waals surface area (Å²) >= 11 is 0. The Hall–Kier alpha value is -1.97. The number of aromatic nitrogens is 1. The number of hydrogen-bond donors (Lipinski definition) is 1. The van der Waals surface area contributed by atoms with Crippen molar-refractivity contribution in [2.45, 2.75) is 0 Å². The number of carbonyl (C=O) groups is 1. The summed E-state index contributed by atoms with van der Waals surface area (Å²) in [4.78, 5) is 11.2. The number of ether oxygens (including phenoxy) is 1. The van der Waals surface area contributed by atoms with Gasteiger partial charge in [0.15, 0.2) is 0 Å². The Kier molecular flexibility index (Phi) is 1.89. The molecule has 0 spiro atoms. The molecule has 4 nitrogen and oxygen atoms in total. The number of rotatable bonds is 1. The number of fused-ring (bicyclic) bond motifs is 1. The maximum atomic E-state index is 11.2. The van der Waals surface area contributed by atoms with E-state index >= 15 is 0 Å². The molecule has 1 N–H and O–H groups in total. The van der Waals surface area contributed by atoms with Crippen molar-refractivity contribution in [3.63, 3.8) is 0 Å². The molecule has 1 aromatic carbocycles. The molecule has 0 saturated carbocycles. The van der Waals surface area contributed by atoms with Crippen LogP contribution in [-0.2, 0) is 4.74 Å². The number of esters is 1.